The van der Waals surface area contributed by atoms with Gasteiger partial charge in [0, 0.05) is 10.9 Å². The Hall–Kier alpha value is -1.92. The molecule has 6 heteroatoms. The first-order valence-electron chi connectivity index (χ1n) is 5.06. The fraction of sp³-hybridized carbons (Fsp3) is 0. The van der Waals surface area contributed by atoms with Gasteiger partial charge in [-0.3, -0.25) is 0 Å². The van der Waals surface area contributed by atoms with Crippen molar-refractivity contribution >= 4 is 28.6 Å². The normalized spacial score (nSPS) is 10.7. The van der Waals surface area contributed by atoms with E-state index in [-0.39, 0.29) is 5.69 Å². The highest BCUT2D eigenvalue weighted by Gasteiger charge is 2.22. The van der Waals surface area contributed by atoms with Crippen molar-refractivity contribution in [1.82, 2.24) is 4.98 Å². The third kappa shape index (κ3) is 1.85. The van der Waals surface area contributed by atoms with Gasteiger partial charge in [-0.15, -0.1) is 11.3 Å². The van der Waals surface area contributed by atoms with Crippen LogP contribution in [0.3, 0.4) is 0 Å². The molecular formula is C12H7NO3S2. The zero-order chi connectivity index (χ0) is 12.5. The monoisotopic (exact) mass is 277 g/mol. The number of carboxylic acids is 1. The molecule has 0 saturated heterocycles. The summed E-state index contributed by atoms with van der Waals surface area (Å²) in [7, 11) is 0. The van der Waals surface area contributed by atoms with Crippen LogP contribution in [0.25, 0.3) is 22.1 Å². The molecule has 4 nitrogen and oxygen atoms in total. The van der Waals surface area contributed by atoms with Crippen LogP contribution in [-0.4, -0.2) is 16.1 Å². The summed E-state index contributed by atoms with van der Waals surface area (Å²) in [5, 5.41) is 14.8. The molecule has 0 aliphatic heterocycles. The Balaban J connectivity index is 2.16. The molecule has 18 heavy (non-hydrogen) atoms. The molecule has 3 aromatic rings. The van der Waals surface area contributed by atoms with Crippen molar-refractivity contribution in [3.63, 3.8) is 0 Å². The van der Waals surface area contributed by atoms with Crippen molar-refractivity contribution < 1.29 is 14.3 Å². The summed E-state index contributed by atoms with van der Waals surface area (Å²) in [4.78, 5) is 16.1. The van der Waals surface area contributed by atoms with Crippen LogP contribution in [0.4, 0.5) is 0 Å². The Labute approximate surface area is 110 Å². The number of hydrogen-bond donors (Lipinski definition) is 1. The van der Waals surface area contributed by atoms with Gasteiger partial charge < -0.3 is 9.52 Å². The van der Waals surface area contributed by atoms with E-state index in [2.05, 4.69) is 4.98 Å². The Morgan fingerprint density at radius 2 is 2.22 bits per heavy atom. The molecule has 0 radical (unpaired) electrons. The molecule has 3 aromatic heterocycles. The van der Waals surface area contributed by atoms with Gasteiger partial charge in [-0.1, -0.05) is 6.07 Å². The van der Waals surface area contributed by atoms with E-state index < -0.39 is 5.97 Å². The lowest BCUT2D eigenvalue weighted by Gasteiger charge is -1.91. The maximum atomic E-state index is 11.2. The van der Waals surface area contributed by atoms with Gasteiger partial charge in [0.05, 0.1) is 4.88 Å². The van der Waals surface area contributed by atoms with Gasteiger partial charge in [0.2, 0.25) is 5.89 Å². The van der Waals surface area contributed by atoms with Crippen LogP contribution in [0.1, 0.15) is 10.5 Å². The SMILES string of the molecule is O=C(O)c1nc(-c2cccs2)oc1-c1ccsc1. The average molecular weight is 277 g/mol. The molecule has 0 spiro atoms. The number of oxazole rings is 1. The maximum Gasteiger partial charge on any atom is 0.358 e. The van der Waals surface area contributed by atoms with E-state index >= 15 is 0 Å². The summed E-state index contributed by atoms with van der Waals surface area (Å²) in [6, 6.07) is 5.53. The van der Waals surface area contributed by atoms with E-state index in [0.29, 0.717) is 11.7 Å². The molecule has 0 saturated carbocycles. The van der Waals surface area contributed by atoms with Gasteiger partial charge in [0.15, 0.2) is 11.5 Å². The predicted octanol–water partition coefficient (Wildman–Crippen LogP) is 3.83. The molecule has 3 heterocycles. The smallest absolute Gasteiger partial charge is 0.358 e. The van der Waals surface area contributed by atoms with Crippen molar-refractivity contribution in [2.75, 3.05) is 0 Å². The summed E-state index contributed by atoms with van der Waals surface area (Å²) in [5.74, 6) is -0.418. The molecule has 0 unspecified atom stereocenters. The first kappa shape index (κ1) is 11.2. The van der Waals surface area contributed by atoms with E-state index in [0.717, 1.165) is 10.4 Å². The molecule has 0 aliphatic carbocycles. The zero-order valence-corrected chi connectivity index (χ0v) is 10.6. The van der Waals surface area contributed by atoms with Crippen molar-refractivity contribution in [1.29, 1.82) is 0 Å². The molecule has 0 amide bonds. The van der Waals surface area contributed by atoms with Crippen molar-refractivity contribution in [3.8, 4) is 22.1 Å². The van der Waals surface area contributed by atoms with Gasteiger partial charge in [0.25, 0.3) is 0 Å². The Kier molecular flexibility index (Phi) is 2.73. The predicted molar refractivity (Wildman–Crippen MR) is 70.1 cm³/mol. The molecular weight excluding hydrogens is 270 g/mol. The summed E-state index contributed by atoms with van der Waals surface area (Å²) in [6.07, 6.45) is 0. The third-order valence-corrected chi connectivity index (χ3v) is 3.89. The van der Waals surface area contributed by atoms with Gasteiger partial charge in [-0.2, -0.15) is 11.3 Å². The van der Waals surface area contributed by atoms with Crippen LogP contribution in [0.15, 0.2) is 38.8 Å². The number of rotatable bonds is 3. The van der Waals surface area contributed by atoms with E-state index in [4.69, 9.17) is 9.52 Å². The average Bonchev–Trinajstić information content (AvgIpc) is 3.10. The van der Waals surface area contributed by atoms with Crippen molar-refractivity contribution in [2.45, 2.75) is 0 Å². The van der Waals surface area contributed by atoms with E-state index in [1.54, 1.807) is 0 Å². The van der Waals surface area contributed by atoms with Crippen LogP contribution in [0.5, 0.6) is 0 Å². The maximum absolute atomic E-state index is 11.2. The van der Waals surface area contributed by atoms with Gasteiger partial charge in [0.1, 0.15) is 0 Å². The highest BCUT2D eigenvalue weighted by atomic mass is 32.1. The van der Waals surface area contributed by atoms with E-state index in [1.165, 1.54) is 22.7 Å². The Morgan fingerprint density at radius 1 is 1.33 bits per heavy atom. The van der Waals surface area contributed by atoms with E-state index in [1.807, 2.05) is 34.3 Å². The number of hydrogen-bond acceptors (Lipinski definition) is 5. The quantitative estimate of drug-likeness (QED) is 0.790. The molecule has 0 bridgehead atoms. The topological polar surface area (TPSA) is 63.3 Å². The number of nitrogens with zero attached hydrogens (tertiary/aromatic N) is 1. The number of carbonyl (C=O) groups is 1. The van der Waals surface area contributed by atoms with Crippen LogP contribution in [0, 0.1) is 0 Å². The first-order valence-corrected chi connectivity index (χ1v) is 6.88. The highest BCUT2D eigenvalue weighted by molar-refractivity contribution is 7.13. The van der Waals surface area contributed by atoms with Gasteiger partial charge >= 0.3 is 5.97 Å². The first-order chi connectivity index (χ1) is 8.75. The summed E-state index contributed by atoms with van der Waals surface area (Å²) in [6.45, 7) is 0. The Bertz CT molecular complexity index is 668. The second kappa shape index (κ2) is 4.40. The lowest BCUT2D eigenvalue weighted by molar-refractivity contribution is 0.0691. The largest absolute Gasteiger partial charge is 0.476 e. The van der Waals surface area contributed by atoms with Crippen LogP contribution in [0.2, 0.25) is 0 Å². The number of aromatic nitrogens is 1. The molecule has 0 aromatic carbocycles. The summed E-state index contributed by atoms with van der Waals surface area (Å²) in [5.41, 5.74) is 0.699. The number of aromatic carboxylic acids is 1. The minimum atomic E-state index is -1.08. The summed E-state index contributed by atoms with van der Waals surface area (Å²) < 4.78 is 5.59. The Morgan fingerprint density at radius 3 is 2.83 bits per heavy atom. The summed E-state index contributed by atoms with van der Waals surface area (Å²) >= 11 is 2.94. The molecule has 3 rings (SSSR count). The minimum Gasteiger partial charge on any atom is -0.476 e. The van der Waals surface area contributed by atoms with Crippen LogP contribution in [-0.2, 0) is 0 Å². The molecule has 0 fully saturated rings. The van der Waals surface area contributed by atoms with Gasteiger partial charge in [-0.05, 0) is 22.9 Å². The highest BCUT2D eigenvalue weighted by Crippen LogP contribution is 2.32. The van der Waals surface area contributed by atoms with Crippen LogP contribution < -0.4 is 0 Å². The van der Waals surface area contributed by atoms with Crippen molar-refractivity contribution in [3.05, 3.63) is 40.0 Å². The number of thiophene rings is 2. The second-order valence-electron chi connectivity index (χ2n) is 3.49. The number of carboxylic acid groups (broad SMARTS) is 1. The fourth-order valence-electron chi connectivity index (χ4n) is 1.56. The third-order valence-electron chi connectivity index (χ3n) is 2.35. The molecule has 0 atom stereocenters. The second-order valence-corrected chi connectivity index (χ2v) is 5.22. The van der Waals surface area contributed by atoms with Crippen molar-refractivity contribution in [2.24, 2.45) is 0 Å². The van der Waals surface area contributed by atoms with Gasteiger partial charge in [-0.25, -0.2) is 9.78 Å². The molecule has 90 valence electrons. The van der Waals surface area contributed by atoms with E-state index in [9.17, 15) is 4.79 Å². The lowest BCUT2D eigenvalue weighted by atomic mass is 10.2. The lowest BCUT2D eigenvalue weighted by Crippen LogP contribution is -1.98. The standard InChI is InChI=1S/C12H7NO3S2/c14-12(15)9-10(7-3-5-17-6-7)16-11(13-9)8-2-1-4-18-8/h1-6H,(H,14,15). The molecule has 0 aliphatic rings. The molecule has 1 N–H and O–H groups in total. The fourth-order valence-corrected chi connectivity index (χ4v) is 2.85. The zero-order valence-electron chi connectivity index (χ0n) is 8.99. The van der Waals surface area contributed by atoms with Crippen LogP contribution >= 0.6 is 22.7 Å². The minimum absolute atomic E-state index is 0.0446.